The lowest BCUT2D eigenvalue weighted by atomic mass is 10.1. The third-order valence-electron chi connectivity index (χ3n) is 3.17. The molecule has 1 atom stereocenters. The summed E-state index contributed by atoms with van der Waals surface area (Å²) in [5, 5.41) is 3.18. The van der Waals surface area contributed by atoms with E-state index in [9.17, 15) is 4.79 Å². The number of benzene rings is 2. The van der Waals surface area contributed by atoms with Crippen LogP contribution >= 0.6 is 15.9 Å². The van der Waals surface area contributed by atoms with Crippen molar-refractivity contribution in [3.63, 3.8) is 0 Å². The molecule has 0 unspecified atom stereocenters. The van der Waals surface area contributed by atoms with Crippen molar-refractivity contribution in [2.75, 3.05) is 7.11 Å². The van der Waals surface area contributed by atoms with Crippen molar-refractivity contribution in [3.05, 3.63) is 64.1 Å². The molecule has 0 aromatic heterocycles. The number of nitrogens with two attached hydrogens (primary N) is 1. The second-order valence-electron chi connectivity index (χ2n) is 4.58. The van der Waals surface area contributed by atoms with E-state index in [4.69, 9.17) is 10.5 Å². The first-order chi connectivity index (χ1) is 10.1. The lowest BCUT2D eigenvalue weighted by molar-refractivity contribution is -0.120. The summed E-state index contributed by atoms with van der Waals surface area (Å²) in [6.07, 6.45) is 0. The lowest BCUT2D eigenvalue weighted by Crippen LogP contribution is -2.33. The van der Waals surface area contributed by atoms with Crippen LogP contribution in [0.4, 0.5) is 0 Å². The molecule has 0 radical (unpaired) electrons. The molecule has 0 aliphatic carbocycles. The number of rotatable bonds is 6. The van der Waals surface area contributed by atoms with Crippen LogP contribution in [0.15, 0.2) is 53.0 Å². The van der Waals surface area contributed by atoms with Crippen molar-refractivity contribution in [3.8, 4) is 5.75 Å². The Labute approximate surface area is 132 Å². The summed E-state index contributed by atoms with van der Waals surface area (Å²) in [7, 11) is 1.62. The topological polar surface area (TPSA) is 64.3 Å². The Morgan fingerprint density at radius 2 is 2.00 bits per heavy atom. The van der Waals surface area contributed by atoms with Gasteiger partial charge in [-0.15, -0.1) is 0 Å². The van der Waals surface area contributed by atoms with Gasteiger partial charge in [0.25, 0.3) is 0 Å². The van der Waals surface area contributed by atoms with E-state index < -0.39 is 11.9 Å². The molecule has 0 aliphatic rings. The largest absolute Gasteiger partial charge is 0.497 e. The summed E-state index contributed by atoms with van der Waals surface area (Å²) in [5.74, 6) is 0.366. The zero-order chi connectivity index (χ0) is 15.2. The molecule has 2 aromatic rings. The van der Waals surface area contributed by atoms with Crippen LogP contribution in [0.25, 0.3) is 0 Å². The van der Waals surface area contributed by atoms with E-state index in [1.807, 2.05) is 48.5 Å². The monoisotopic (exact) mass is 348 g/mol. The maximum atomic E-state index is 11.7. The van der Waals surface area contributed by atoms with E-state index in [0.29, 0.717) is 6.54 Å². The Kier molecular flexibility index (Phi) is 5.36. The number of hydrogen-bond donors (Lipinski definition) is 2. The molecular formula is C16H17BrN2O2. The van der Waals surface area contributed by atoms with Crippen LogP contribution in [0.2, 0.25) is 0 Å². The van der Waals surface area contributed by atoms with Gasteiger partial charge in [0.2, 0.25) is 5.91 Å². The van der Waals surface area contributed by atoms with Crippen LogP contribution in [-0.2, 0) is 11.3 Å². The number of ether oxygens (including phenoxy) is 1. The van der Waals surface area contributed by atoms with Gasteiger partial charge in [0, 0.05) is 11.0 Å². The van der Waals surface area contributed by atoms with Crippen LogP contribution in [-0.4, -0.2) is 13.0 Å². The van der Waals surface area contributed by atoms with Crippen molar-refractivity contribution >= 4 is 21.8 Å². The van der Waals surface area contributed by atoms with E-state index in [1.165, 1.54) is 0 Å². The summed E-state index contributed by atoms with van der Waals surface area (Å²) < 4.78 is 6.16. The van der Waals surface area contributed by atoms with Crippen LogP contribution in [0.1, 0.15) is 17.2 Å². The van der Waals surface area contributed by atoms with E-state index in [2.05, 4.69) is 21.2 Å². The molecule has 0 bridgehead atoms. The van der Waals surface area contributed by atoms with Crippen molar-refractivity contribution in [1.82, 2.24) is 5.32 Å². The van der Waals surface area contributed by atoms with Gasteiger partial charge >= 0.3 is 0 Å². The molecule has 5 heteroatoms. The molecule has 2 rings (SSSR count). The fourth-order valence-corrected chi connectivity index (χ4v) is 2.44. The molecule has 0 aliphatic heterocycles. The summed E-state index contributed by atoms with van der Waals surface area (Å²) in [6.45, 7) is 0.500. The van der Waals surface area contributed by atoms with Crippen LogP contribution in [0, 0.1) is 0 Å². The molecular weight excluding hydrogens is 332 g/mol. The van der Waals surface area contributed by atoms with Gasteiger partial charge in [-0.25, -0.2) is 0 Å². The molecule has 0 saturated carbocycles. The number of carbonyl (C=O) groups excluding carboxylic acids is 1. The normalized spacial score (nSPS) is 11.9. The molecule has 2 aromatic carbocycles. The molecule has 1 amide bonds. The fraction of sp³-hybridized carbons (Fsp3) is 0.188. The van der Waals surface area contributed by atoms with Gasteiger partial charge in [-0.1, -0.05) is 46.3 Å². The van der Waals surface area contributed by atoms with Crippen LogP contribution in [0.3, 0.4) is 0 Å². The molecule has 0 fully saturated rings. The predicted molar refractivity (Wildman–Crippen MR) is 85.9 cm³/mol. The van der Waals surface area contributed by atoms with Gasteiger partial charge in [0.15, 0.2) is 0 Å². The Balaban J connectivity index is 2.14. The van der Waals surface area contributed by atoms with E-state index in [1.54, 1.807) is 7.11 Å². The van der Waals surface area contributed by atoms with E-state index >= 15 is 0 Å². The molecule has 0 spiro atoms. The number of halogens is 1. The number of primary amides is 1. The van der Waals surface area contributed by atoms with E-state index in [-0.39, 0.29) is 0 Å². The number of methoxy groups -OCH3 is 1. The minimum atomic E-state index is -0.524. The third-order valence-corrected chi connectivity index (χ3v) is 3.94. The first kappa shape index (κ1) is 15.5. The maximum absolute atomic E-state index is 11.7. The molecule has 4 nitrogen and oxygen atoms in total. The smallest absolute Gasteiger partial charge is 0.239 e. The fourth-order valence-electron chi connectivity index (χ4n) is 2.05. The standard InChI is InChI=1S/C16H17BrN2O2/c1-21-13-7-8-14(17)12(9-13)10-19-15(16(18)20)11-5-3-2-4-6-11/h2-9,15,19H,10H2,1H3,(H2,18,20)/t15-/m1/s1. The highest BCUT2D eigenvalue weighted by molar-refractivity contribution is 9.10. The quantitative estimate of drug-likeness (QED) is 0.843. The minimum Gasteiger partial charge on any atom is -0.497 e. The minimum absolute atomic E-state index is 0.403. The SMILES string of the molecule is COc1ccc(Br)c(CN[C@@H](C(N)=O)c2ccccc2)c1. The van der Waals surface area contributed by atoms with Crippen molar-refractivity contribution in [2.24, 2.45) is 5.73 Å². The summed E-state index contributed by atoms with van der Waals surface area (Å²) in [5.41, 5.74) is 7.34. The van der Waals surface area contributed by atoms with Gasteiger partial charge in [-0.2, -0.15) is 0 Å². The maximum Gasteiger partial charge on any atom is 0.239 e. The summed E-state index contributed by atoms with van der Waals surface area (Å²) >= 11 is 3.49. The Morgan fingerprint density at radius 3 is 2.62 bits per heavy atom. The van der Waals surface area contributed by atoms with Crippen molar-refractivity contribution < 1.29 is 9.53 Å². The Morgan fingerprint density at radius 1 is 1.29 bits per heavy atom. The van der Waals surface area contributed by atoms with Crippen molar-refractivity contribution in [2.45, 2.75) is 12.6 Å². The van der Waals surface area contributed by atoms with Crippen molar-refractivity contribution in [1.29, 1.82) is 0 Å². The molecule has 110 valence electrons. The lowest BCUT2D eigenvalue weighted by Gasteiger charge is -2.17. The number of hydrogen-bond acceptors (Lipinski definition) is 3. The highest BCUT2D eigenvalue weighted by atomic mass is 79.9. The number of carbonyl (C=O) groups is 1. The molecule has 21 heavy (non-hydrogen) atoms. The van der Waals surface area contributed by atoms with Gasteiger partial charge in [-0.3, -0.25) is 10.1 Å². The third kappa shape index (κ3) is 4.06. The second-order valence-corrected chi connectivity index (χ2v) is 5.44. The van der Waals surface area contributed by atoms with Crippen LogP contribution < -0.4 is 15.8 Å². The van der Waals surface area contributed by atoms with E-state index in [0.717, 1.165) is 21.3 Å². The van der Waals surface area contributed by atoms with Crippen LogP contribution in [0.5, 0.6) is 5.75 Å². The van der Waals surface area contributed by atoms with Gasteiger partial charge in [0.05, 0.1) is 7.11 Å². The number of amides is 1. The summed E-state index contributed by atoms with van der Waals surface area (Å²) in [4.78, 5) is 11.7. The van der Waals surface area contributed by atoms with Gasteiger partial charge in [-0.05, 0) is 29.3 Å². The number of nitrogens with one attached hydrogen (secondary N) is 1. The zero-order valence-corrected chi connectivity index (χ0v) is 13.3. The first-order valence-electron chi connectivity index (χ1n) is 6.52. The summed E-state index contributed by atoms with van der Waals surface area (Å²) in [6, 6.07) is 14.6. The zero-order valence-electron chi connectivity index (χ0n) is 11.7. The average Bonchev–Trinajstić information content (AvgIpc) is 2.50. The van der Waals surface area contributed by atoms with Gasteiger partial charge < -0.3 is 10.5 Å². The average molecular weight is 349 g/mol. The molecule has 3 N–H and O–H groups in total. The molecule has 0 heterocycles. The second kappa shape index (κ2) is 7.24. The van der Waals surface area contributed by atoms with Gasteiger partial charge in [0.1, 0.15) is 11.8 Å². The molecule has 0 saturated heterocycles. The highest BCUT2D eigenvalue weighted by Gasteiger charge is 2.17. The Bertz CT molecular complexity index is 617. The first-order valence-corrected chi connectivity index (χ1v) is 7.31. The Hall–Kier alpha value is -1.85. The highest BCUT2D eigenvalue weighted by Crippen LogP contribution is 2.23. The predicted octanol–water partition coefficient (Wildman–Crippen LogP) is 2.77.